The molecule has 2 fully saturated rings. The highest BCUT2D eigenvalue weighted by molar-refractivity contribution is 8.05. The van der Waals surface area contributed by atoms with Gasteiger partial charge in [0.15, 0.2) is 10.5 Å². The number of hydrogen-bond donors (Lipinski definition) is 0. The molecule has 1 heterocycles. The van der Waals surface area contributed by atoms with Crippen LogP contribution in [0.1, 0.15) is 51.9 Å². The zero-order valence-electron chi connectivity index (χ0n) is 8.22. The maximum atomic E-state index is 2.35. The molecule has 1 aliphatic heterocycles. The highest BCUT2D eigenvalue weighted by atomic mass is 32.2. The molecule has 0 N–H and O–H groups in total. The van der Waals surface area contributed by atoms with E-state index < -0.39 is 0 Å². The van der Waals surface area contributed by atoms with Crippen molar-refractivity contribution >= 4 is 10.9 Å². The molecule has 1 saturated carbocycles. The molecule has 2 atom stereocenters. The summed E-state index contributed by atoms with van der Waals surface area (Å²) in [6.45, 7) is 2.35. The fourth-order valence-electron chi connectivity index (χ4n) is 2.61. The van der Waals surface area contributed by atoms with Crippen LogP contribution in [0.2, 0.25) is 0 Å². The maximum absolute atomic E-state index is 2.35. The van der Waals surface area contributed by atoms with Gasteiger partial charge in [0, 0.05) is 10.9 Å². The van der Waals surface area contributed by atoms with Crippen LogP contribution in [0.25, 0.3) is 0 Å². The molecular formula is C11H21S+. The first-order valence-electron chi connectivity index (χ1n) is 5.62. The molecule has 0 radical (unpaired) electrons. The van der Waals surface area contributed by atoms with Crippen molar-refractivity contribution in [3.05, 3.63) is 0 Å². The van der Waals surface area contributed by atoms with Gasteiger partial charge in [0.2, 0.25) is 0 Å². The van der Waals surface area contributed by atoms with Crippen LogP contribution in [0.5, 0.6) is 0 Å². The predicted octanol–water partition coefficient (Wildman–Crippen LogP) is 3.12. The summed E-state index contributed by atoms with van der Waals surface area (Å²) in [6.07, 6.45) is 10.7. The lowest BCUT2D eigenvalue weighted by molar-refractivity contribution is 0.551. The molecule has 1 saturated heterocycles. The molecule has 0 amide bonds. The van der Waals surface area contributed by atoms with Gasteiger partial charge in [-0.1, -0.05) is 19.8 Å². The van der Waals surface area contributed by atoms with Crippen LogP contribution in [0.3, 0.4) is 0 Å². The molecular weight excluding hydrogens is 164 g/mol. The number of hydrogen-bond acceptors (Lipinski definition) is 0. The largest absolute Gasteiger partial charge is 0.165 e. The van der Waals surface area contributed by atoms with E-state index in [0.717, 1.165) is 10.9 Å². The smallest absolute Gasteiger partial charge is 0.0609 e. The second-order valence-electron chi connectivity index (χ2n) is 4.24. The zero-order chi connectivity index (χ0) is 8.39. The van der Waals surface area contributed by atoms with Gasteiger partial charge in [-0.2, -0.15) is 0 Å². The monoisotopic (exact) mass is 185 g/mol. The van der Waals surface area contributed by atoms with Crippen LogP contribution in [0.15, 0.2) is 0 Å². The minimum absolute atomic E-state index is 0.899. The van der Waals surface area contributed by atoms with E-state index in [2.05, 4.69) is 6.92 Å². The molecule has 0 aromatic rings. The van der Waals surface area contributed by atoms with Gasteiger partial charge in [-0.25, -0.2) is 0 Å². The fraction of sp³-hybridized carbons (Fsp3) is 1.00. The van der Waals surface area contributed by atoms with Gasteiger partial charge in [-0.15, -0.1) is 0 Å². The van der Waals surface area contributed by atoms with E-state index in [1.165, 1.54) is 42.6 Å². The van der Waals surface area contributed by atoms with Crippen LogP contribution in [-0.4, -0.2) is 16.3 Å². The minimum atomic E-state index is 0.899. The molecule has 0 bridgehead atoms. The highest BCUT2D eigenvalue weighted by Gasteiger charge is 2.60. The number of fused-ring (bicyclic) bond motifs is 1. The van der Waals surface area contributed by atoms with Crippen molar-refractivity contribution in [3.8, 4) is 0 Å². The van der Waals surface area contributed by atoms with E-state index in [4.69, 9.17) is 0 Å². The van der Waals surface area contributed by atoms with E-state index in [-0.39, 0.29) is 0 Å². The maximum Gasteiger partial charge on any atom is 0.165 e. The molecule has 2 rings (SSSR count). The Morgan fingerprint density at radius 3 is 2.08 bits per heavy atom. The molecule has 0 spiro atoms. The third-order valence-electron chi connectivity index (χ3n) is 3.28. The Morgan fingerprint density at radius 2 is 1.58 bits per heavy atom. The second kappa shape index (κ2) is 4.04. The van der Waals surface area contributed by atoms with Crippen molar-refractivity contribution < 1.29 is 0 Å². The molecule has 12 heavy (non-hydrogen) atoms. The fourth-order valence-corrected chi connectivity index (χ4v) is 5.84. The van der Waals surface area contributed by atoms with Gasteiger partial charge in [-0.3, -0.25) is 0 Å². The topological polar surface area (TPSA) is 0 Å². The lowest BCUT2D eigenvalue weighted by Gasteiger charge is -1.99. The lowest BCUT2D eigenvalue weighted by Crippen LogP contribution is -1.97. The van der Waals surface area contributed by atoms with Crippen LogP contribution < -0.4 is 0 Å². The Labute approximate surface area is 79.5 Å². The normalized spacial score (nSPS) is 41.2. The molecule has 1 heteroatoms. The molecule has 70 valence electrons. The van der Waals surface area contributed by atoms with Gasteiger partial charge in [-0.05, 0) is 32.1 Å². The quantitative estimate of drug-likeness (QED) is 0.458. The molecule has 0 nitrogen and oxygen atoms in total. The molecule has 0 aromatic heterocycles. The van der Waals surface area contributed by atoms with Crippen molar-refractivity contribution in [3.63, 3.8) is 0 Å². The van der Waals surface area contributed by atoms with E-state index in [9.17, 15) is 0 Å². The van der Waals surface area contributed by atoms with Crippen LogP contribution in [-0.2, 0) is 10.9 Å². The Balaban J connectivity index is 1.81. The van der Waals surface area contributed by atoms with Crippen LogP contribution in [0.4, 0.5) is 0 Å². The van der Waals surface area contributed by atoms with Crippen molar-refractivity contribution in [2.24, 2.45) is 0 Å². The van der Waals surface area contributed by atoms with Crippen molar-refractivity contribution in [2.75, 3.05) is 5.75 Å². The van der Waals surface area contributed by atoms with Crippen molar-refractivity contribution in [1.29, 1.82) is 0 Å². The Morgan fingerprint density at radius 1 is 1.00 bits per heavy atom. The summed E-state index contributed by atoms with van der Waals surface area (Å²) in [6, 6.07) is 0. The molecule has 2 unspecified atom stereocenters. The van der Waals surface area contributed by atoms with Crippen LogP contribution in [0, 0.1) is 0 Å². The summed E-state index contributed by atoms with van der Waals surface area (Å²) >= 11 is 0. The van der Waals surface area contributed by atoms with Crippen LogP contribution >= 0.6 is 0 Å². The van der Waals surface area contributed by atoms with Crippen molar-refractivity contribution in [2.45, 2.75) is 62.4 Å². The Bertz CT molecular complexity index is 123. The average Bonchev–Trinajstić information content (AvgIpc) is 2.61. The second-order valence-corrected chi connectivity index (χ2v) is 6.80. The Kier molecular flexibility index (Phi) is 3.00. The lowest BCUT2D eigenvalue weighted by atomic mass is 10.0. The summed E-state index contributed by atoms with van der Waals surface area (Å²) in [5.41, 5.74) is 0. The van der Waals surface area contributed by atoms with E-state index in [1.54, 1.807) is 18.6 Å². The van der Waals surface area contributed by atoms with E-state index >= 15 is 0 Å². The van der Waals surface area contributed by atoms with E-state index in [0.29, 0.717) is 0 Å². The first-order chi connectivity index (χ1) is 5.93. The summed E-state index contributed by atoms with van der Waals surface area (Å²) in [5, 5.41) is 2.40. The molecule has 1 aliphatic carbocycles. The van der Waals surface area contributed by atoms with Crippen molar-refractivity contribution in [1.82, 2.24) is 0 Å². The predicted molar refractivity (Wildman–Crippen MR) is 57.8 cm³/mol. The van der Waals surface area contributed by atoms with Gasteiger partial charge in [0.05, 0.1) is 0 Å². The number of rotatable bonds is 2. The third kappa shape index (κ3) is 1.81. The van der Waals surface area contributed by atoms with Gasteiger partial charge >= 0.3 is 0 Å². The molecule has 2 aliphatic rings. The summed E-state index contributed by atoms with van der Waals surface area (Å²) < 4.78 is 0. The van der Waals surface area contributed by atoms with E-state index in [1.807, 2.05) is 0 Å². The Hall–Kier alpha value is 0.350. The zero-order valence-corrected chi connectivity index (χ0v) is 9.04. The average molecular weight is 185 g/mol. The first kappa shape index (κ1) is 8.93. The third-order valence-corrected chi connectivity index (χ3v) is 6.53. The first-order valence-corrected chi connectivity index (χ1v) is 7.14. The minimum Gasteiger partial charge on any atom is -0.0609 e. The SMILES string of the molecule is CCC[S+]1C2CCCCCCC21. The van der Waals surface area contributed by atoms with Gasteiger partial charge in [0.1, 0.15) is 5.75 Å². The summed E-state index contributed by atoms with van der Waals surface area (Å²) in [7, 11) is 0.899. The highest BCUT2D eigenvalue weighted by Crippen LogP contribution is 2.44. The molecule has 0 aromatic carbocycles. The van der Waals surface area contributed by atoms with Gasteiger partial charge in [0.25, 0.3) is 0 Å². The standard InChI is InChI=1S/C11H21S/c1-2-9-12-10-7-5-3-4-6-8-11(10)12/h10-11H,2-9H2,1H3/q+1. The summed E-state index contributed by atoms with van der Waals surface area (Å²) in [4.78, 5) is 0. The van der Waals surface area contributed by atoms with Gasteiger partial charge < -0.3 is 0 Å². The summed E-state index contributed by atoms with van der Waals surface area (Å²) in [5.74, 6) is 1.55.